The van der Waals surface area contributed by atoms with Crippen molar-refractivity contribution in [1.29, 1.82) is 5.26 Å². The quantitative estimate of drug-likeness (QED) is 0.705. The molecule has 0 spiro atoms. The molecule has 1 aliphatic carbocycles. The van der Waals surface area contributed by atoms with Gasteiger partial charge in [0.2, 0.25) is 10.0 Å². The Morgan fingerprint density at radius 1 is 1.07 bits per heavy atom. The molecule has 0 N–H and O–H groups in total. The van der Waals surface area contributed by atoms with Crippen molar-refractivity contribution >= 4 is 15.9 Å². The molecule has 1 amide bonds. The maximum Gasteiger partial charge on any atom is 0.253 e. The zero-order valence-corrected chi connectivity index (χ0v) is 18.2. The fourth-order valence-electron chi connectivity index (χ4n) is 3.88. The molecular weight excluding hydrogens is 398 g/mol. The lowest BCUT2D eigenvalue weighted by Gasteiger charge is -2.30. The van der Waals surface area contributed by atoms with E-state index < -0.39 is 10.0 Å². The standard InChI is InChI=1S/C23H27N3O3S/c1-25(17-19-8-6-7-18(15-19)16-24)23(27)20-11-13-22(14-12-20)30(28,29)26(2)21-9-4-3-5-10-21/h6-8,11-15,21H,3-5,9-10,17H2,1-2H3. The van der Waals surface area contributed by atoms with Gasteiger partial charge in [-0.3, -0.25) is 4.79 Å². The zero-order valence-electron chi connectivity index (χ0n) is 17.4. The van der Waals surface area contributed by atoms with Gasteiger partial charge >= 0.3 is 0 Å². The Morgan fingerprint density at radius 3 is 2.37 bits per heavy atom. The summed E-state index contributed by atoms with van der Waals surface area (Å²) in [6.07, 6.45) is 5.06. The van der Waals surface area contributed by atoms with Gasteiger partial charge in [-0.25, -0.2) is 8.42 Å². The summed E-state index contributed by atoms with van der Waals surface area (Å²) in [5.41, 5.74) is 1.83. The van der Waals surface area contributed by atoms with E-state index in [1.807, 2.05) is 6.07 Å². The van der Waals surface area contributed by atoms with Crippen LogP contribution < -0.4 is 0 Å². The van der Waals surface area contributed by atoms with Crippen molar-refractivity contribution in [1.82, 2.24) is 9.21 Å². The van der Waals surface area contributed by atoms with Gasteiger partial charge in [0.25, 0.3) is 5.91 Å². The molecule has 2 aromatic carbocycles. The second-order valence-corrected chi connectivity index (χ2v) is 9.81. The van der Waals surface area contributed by atoms with Crippen molar-refractivity contribution in [2.24, 2.45) is 0 Å². The van der Waals surface area contributed by atoms with E-state index in [0.29, 0.717) is 17.7 Å². The molecule has 0 saturated heterocycles. The topological polar surface area (TPSA) is 81.5 Å². The maximum absolute atomic E-state index is 13.0. The minimum Gasteiger partial charge on any atom is -0.337 e. The first-order valence-corrected chi connectivity index (χ1v) is 11.6. The van der Waals surface area contributed by atoms with Crippen molar-refractivity contribution in [2.75, 3.05) is 14.1 Å². The van der Waals surface area contributed by atoms with Gasteiger partial charge < -0.3 is 4.90 Å². The van der Waals surface area contributed by atoms with E-state index in [9.17, 15) is 13.2 Å². The molecule has 1 fully saturated rings. The summed E-state index contributed by atoms with van der Waals surface area (Å²) in [7, 11) is -0.250. The molecule has 2 aromatic rings. The molecule has 0 aromatic heterocycles. The van der Waals surface area contributed by atoms with Gasteiger partial charge in [-0.15, -0.1) is 0 Å². The van der Waals surface area contributed by atoms with E-state index >= 15 is 0 Å². The van der Waals surface area contributed by atoms with Crippen molar-refractivity contribution in [2.45, 2.75) is 49.6 Å². The van der Waals surface area contributed by atoms with Crippen LogP contribution in [0.3, 0.4) is 0 Å². The fourth-order valence-corrected chi connectivity index (χ4v) is 5.30. The normalized spacial score (nSPS) is 15.0. The largest absolute Gasteiger partial charge is 0.337 e. The first-order chi connectivity index (χ1) is 14.3. The highest BCUT2D eigenvalue weighted by Gasteiger charge is 2.29. The van der Waals surface area contributed by atoms with Crippen molar-refractivity contribution in [3.8, 4) is 6.07 Å². The summed E-state index contributed by atoms with van der Waals surface area (Å²) < 4.78 is 27.4. The Hall–Kier alpha value is -2.69. The number of nitrogens with zero attached hydrogens (tertiary/aromatic N) is 3. The van der Waals surface area contributed by atoms with Crippen LogP contribution >= 0.6 is 0 Å². The van der Waals surface area contributed by atoms with E-state index in [1.165, 1.54) is 16.4 Å². The van der Waals surface area contributed by atoms with Crippen molar-refractivity contribution in [3.63, 3.8) is 0 Å². The average molecular weight is 426 g/mol. The molecule has 158 valence electrons. The smallest absolute Gasteiger partial charge is 0.253 e. The second kappa shape index (κ2) is 9.41. The highest BCUT2D eigenvalue weighted by atomic mass is 32.2. The van der Waals surface area contributed by atoms with Crippen LogP contribution in [0.1, 0.15) is 53.6 Å². The molecule has 0 atom stereocenters. The number of nitriles is 1. The second-order valence-electron chi connectivity index (χ2n) is 7.81. The first-order valence-electron chi connectivity index (χ1n) is 10.2. The molecule has 1 saturated carbocycles. The average Bonchev–Trinajstić information content (AvgIpc) is 2.78. The molecular formula is C23H27N3O3S. The van der Waals surface area contributed by atoms with Crippen LogP contribution in [0.2, 0.25) is 0 Å². The Kier molecular flexibility index (Phi) is 6.91. The molecule has 0 unspecified atom stereocenters. The van der Waals surface area contributed by atoms with Gasteiger partial charge in [0.05, 0.1) is 16.5 Å². The summed E-state index contributed by atoms with van der Waals surface area (Å²) in [6, 6.07) is 15.4. The number of rotatable bonds is 6. The lowest BCUT2D eigenvalue weighted by molar-refractivity contribution is 0.0785. The van der Waals surface area contributed by atoms with Crippen molar-refractivity contribution < 1.29 is 13.2 Å². The van der Waals surface area contributed by atoms with Gasteiger partial charge in [0.15, 0.2) is 0 Å². The molecule has 0 bridgehead atoms. The number of hydrogen-bond acceptors (Lipinski definition) is 4. The number of hydrogen-bond donors (Lipinski definition) is 0. The third-order valence-electron chi connectivity index (χ3n) is 5.69. The Morgan fingerprint density at radius 2 is 1.73 bits per heavy atom. The Balaban J connectivity index is 1.70. The summed E-state index contributed by atoms with van der Waals surface area (Å²) in [6.45, 7) is 0.360. The molecule has 0 radical (unpaired) electrons. The van der Waals surface area contributed by atoms with Crippen LogP contribution in [0.15, 0.2) is 53.4 Å². The predicted molar refractivity (Wildman–Crippen MR) is 115 cm³/mol. The lowest BCUT2D eigenvalue weighted by atomic mass is 9.96. The molecule has 30 heavy (non-hydrogen) atoms. The van der Waals surface area contributed by atoms with Crippen LogP contribution in [0.25, 0.3) is 0 Å². The summed E-state index contributed by atoms with van der Waals surface area (Å²) in [5, 5.41) is 9.01. The van der Waals surface area contributed by atoms with Gasteiger partial charge in [-0.05, 0) is 54.8 Å². The highest BCUT2D eigenvalue weighted by molar-refractivity contribution is 7.89. The predicted octanol–water partition coefficient (Wildman–Crippen LogP) is 3.78. The van der Waals surface area contributed by atoms with Crippen LogP contribution in [-0.2, 0) is 16.6 Å². The third kappa shape index (κ3) is 4.89. The van der Waals surface area contributed by atoms with Gasteiger partial charge in [-0.2, -0.15) is 9.57 Å². The number of carbonyl (C=O) groups excluding carboxylic acids is 1. The van der Waals surface area contributed by atoms with Crippen LogP contribution in [0, 0.1) is 11.3 Å². The minimum absolute atomic E-state index is 0.0420. The molecule has 0 heterocycles. The zero-order chi connectivity index (χ0) is 21.7. The number of benzene rings is 2. The van der Waals surface area contributed by atoms with E-state index in [1.54, 1.807) is 49.3 Å². The van der Waals surface area contributed by atoms with Crippen molar-refractivity contribution in [3.05, 3.63) is 65.2 Å². The number of carbonyl (C=O) groups is 1. The minimum atomic E-state index is -3.58. The van der Waals surface area contributed by atoms with Gasteiger partial charge in [-0.1, -0.05) is 31.4 Å². The fraction of sp³-hybridized carbons (Fsp3) is 0.391. The Labute approximate surface area is 178 Å². The van der Waals surface area contributed by atoms with E-state index in [-0.39, 0.29) is 16.8 Å². The molecule has 7 heteroatoms. The monoisotopic (exact) mass is 425 g/mol. The van der Waals surface area contributed by atoms with Gasteiger partial charge in [0, 0.05) is 32.2 Å². The van der Waals surface area contributed by atoms with E-state index in [4.69, 9.17) is 5.26 Å². The summed E-state index contributed by atoms with van der Waals surface area (Å²) >= 11 is 0. The number of amides is 1. The van der Waals surface area contributed by atoms with E-state index in [2.05, 4.69) is 6.07 Å². The van der Waals surface area contributed by atoms with Crippen LogP contribution in [-0.4, -0.2) is 43.7 Å². The lowest BCUT2D eigenvalue weighted by Crippen LogP contribution is -2.38. The maximum atomic E-state index is 13.0. The van der Waals surface area contributed by atoms with Crippen LogP contribution in [0.4, 0.5) is 0 Å². The molecule has 1 aliphatic rings. The van der Waals surface area contributed by atoms with Gasteiger partial charge in [0.1, 0.15) is 0 Å². The summed E-state index contributed by atoms with van der Waals surface area (Å²) in [4.78, 5) is 14.5. The number of sulfonamides is 1. The SMILES string of the molecule is CN(Cc1cccc(C#N)c1)C(=O)c1ccc(S(=O)(=O)N(C)C2CCCCC2)cc1. The third-order valence-corrected chi connectivity index (χ3v) is 7.61. The summed E-state index contributed by atoms with van der Waals surface area (Å²) in [5.74, 6) is -0.207. The molecule has 6 nitrogen and oxygen atoms in total. The first kappa shape index (κ1) is 22.0. The Bertz CT molecular complexity index is 1040. The van der Waals surface area contributed by atoms with E-state index in [0.717, 1.165) is 37.7 Å². The molecule has 3 rings (SSSR count). The highest BCUT2D eigenvalue weighted by Crippen LogP contribution is 2.26. The molecule has 0 aliphatic heterocycles. The van der Waals surface area contributed by atoms with Crippen LogP contribution in [0.5, 0.6) is 0 Å².